The minimum absolute atomic E-state index is 0.0355. The lowest BCUT2D eigenvalue weighted by molar-refractivity contribution is -0.119. The first-order valence-corrected chi connectivity index (χ1v) is 10.6. The summed E-state index contributed by atoms with van der Waals surface area (Å²) in [5.74, 6) is -3.31. The number of ether oxygens (including phenoxy) is 1. The Hall–Kier alpha value is -4.38. The average molecular weight is 483 g/mol. The number of carbonyl (C=O) groups excluding carboxylic acids is 3. The number of halogens is 2. The highest BCUT2D eigenvalue weighted by atomic mass is 32.1. The number of para-hydroxylation sites is 1. The fourth-order valence-corrected chi connectivity index (χ4v) is 3.60. The molecule has 2 aromatic heterocycles. The van der Waals surface area contributed by atoms with E-state index in [1.165, 1.54) is 29.8 Å². The number of furan rings is 1. The van der Waals surface area contributed by atoms with E-state index in [1.54, 1.807) is 18.2 Å². The van der Waals surface area contributed by atoms with Crippen molar-refractivity contribution in [3.63, 3.8) is 0 Å². The van der Waals surface area contributed by atoms with Crippen molar-refractivity contribution < 1.29 is 32.3 Å². The van der Waals surface area contributed by atoms with Crippen molar-refractivity contribution in [2.24, 2.45) is 0 Å². The maximum atomic E-state index is 13.9. The molecule has 0 bridgehead atoms. The highest BCUT2D eigenvalue weighted by Gasteiger charge is 2.18. The summed E-state index contributed by atoms with van der Waals surface area (Å²) in [5.41, 5.74) is 0.316. The van der Waals surface area contributed by atoms with Crippen LogP contribution in [0, 0.1) is 11.6 Å². The second-order valence-corrected chi connectivity index (χ2v) is 7.62. The van der Waals surface area contributed by atoms with Gasteiger partial charge in [-0.3, -0.25) is 14.9 Å². The Balaban J connectivity index is 1.36. The van der Waals surface area contributed by atoms with Crippen molar-refractivity contribution in [3.8, 4) is 11.3 Å². The first-order valence-electron chi connectivity index (χ1n) is 9.72. The van der Waals surface area contributed by atoms with Gasteiger partial charge in [0.1, 0.15) is 11.6 Å². The molecule has 0 radical (unpaired) electrons. The molecular weight excluding hydrogens is 468 g/mol. The number of thiazole rings is 1. The van der Waals surface area contributed by atoms with Crippen molar-refractivity contribution in [2.75, 3.05) is 17.2 Å². The molecule has 0 aliphatic rings. The van der Waals surface area contributed by atoms with E-state index in [0.29, 0.717) is 0 Å². The van der Waals surface area contributed by atoms with Crippen LogP contribution in [0.25, 0.3) is 11.3 Å². The van der Waals surface area contributed by atoms with E-state index in [0.717, 1.165) is 29.5 Å². The van der Waals surface area contributed by atoms with Gasteiger partial charge in [-0.05, 0) is 42.5 Å². The lowest BCUT2D eigenvalue weighted by Crippen LogP contribution is -2.22. The number of esters is 1. The van der Waals surface area contributed by atoms with Crippen LogP contribution in [0.1, 0.15) is 20.9 Å². The quantitative estimate of drug-likeness (QED) is 0.368. The molecule has 11 heteroatoms. The molecule has 2 N–H and O–H groups in total. The number of hydrogen-bond donors (Lipinski definition) is 2. The van der Waals surface area contributed by atoms with E-state index < -0.39 is 36.0 Å². The molecule has 0 saturated carbocycles. The maximum absolute atomic E-state index is 13.9. The molecule has 0 saturated heterocycles. The predicted octanol–water partition coefficient (Wildman–Crippen LogP) is 4.73. The van der Waals surface area contributed by atoms with E-state index in [4.69, 9.17) is 9.15 Å². The summed E-state index contributed by atoms with van der Waals surface area (Å²) in [5, 5.41) is 6.55. The monoisotopic (exact) mass is 483 g/mol. The van der Waals surface area contributed by atoms with E-state index >= 15 is 0 Å². The molecule has 0 aliphatic heterocycles. The second kappa shape index (κ2) is 10.0. The number of anilines is 2. The molecule has 4 rings (SSSR count). The summed E-state index contributed by atoms with van der Waals surface area (Å²) in [6, 6.07) is 12.1. The van der Waals surface area contributed by atoms with Crippen molar-refractivity contribution in [3.05, 3.63) is 89.2 Å². The molecule has 2 heterocycles. The van der Waals surface area contributed by atoms with Gasteiger partial charge in [0.05, 0.1) is 23.2 Å². The van der Waals surface area contributed by atoms with Crippen LogP contribution in [0.3, 0.4) is 0 Å². The summed E-state index contributed by atoms with van der Waals surface area (Å²) in [6.07, 6.45) is 1.34. The Labute approximate surface area is 195 Å². The predicted molar refractivity (Wildman–Crippen MR) is 119 cm³/mol. The minimum atomic E-state index is -0.841. The first-order chi connectivity index (χ1) is 16.4. The number of nitrogens with zero attached hydrogens (tertiary/aromatic N) is 1. The molecule has 34 heavy (non-hydrogen) atoms. The maximum Gasteiger partial charge on any atom is 0.340 e. The lowest BCUT2D eigenvalue weighted by Gasteiger charge is -2.10. The first kappa shape index (κ1) is 22.8. The summed E-state index contributed by atoms with van der Waals surface area (Å²) in [7, 11) is 0. The largest absolute Gasteiger partial charge is 0.459 e. The summed E-state index contributed by atoms with van der Waals surface area (Å²) in [6.45, 7) is -0.636. The highest BCUT2D eigenvalue weighted by Crippen LogP contribution is 2.27. The van der Waals surface area contributed by atoms with Crippen LogP contribution in [-0.4, -0.2) is 29.4 Å². The van der Waals surface area contributed by atoms with Gasteiger partial charge in [-0.1, -0.05) is 12.1 Å². The van der Waals surface area contributed by atoms with E-state index in [1.807, 2.05) is 0 Å². The van der Waals surface area contributed by atoms with E-state index in [2.05, 4.69) is 15.6 Å². The number of benzene rings is 2. The Morgan fingerprint density at radius 1 is 1.03 bits per heavy atom. The Morgan fingerprint density at radius 3 is 2.65 bits per heavy atom. The van der Waals surface area contributed by atoms with Gasteiger partial charge in [0.25, 0.3) is 11.8 Å². The van der Waals surface area contributed by atoms with Gasteiger partial charge in [0, 0.05) is 10.9 Å². The van der Waals surface area contributed by atoms with Crippen molar-refractivity contribution in [2.45, 2.75) is 0 Å². The molecule has 0 atom stereocenters. The number of carbonyl (C=O) groups is 3. The van der Waals surface area contributed by atoms with Gasteiger partial charge in [-0.2, -0.15) is 0 Å². The number of aromatic nitrogens is 1. The van der Waals surface area contributed by atoms with Crippen LogP contribution in [0.4, 0.5) is 19.6 Å². The fraction of sp³-hybridized carbons (Fsp3) is 0.0435. The van der Waals surface area contributed by atoms with Gasteiger partial charge >= 0.3 is 5.97 Å². The molecule has 0 spiro atoms. The average Bonchev–Trinajstić information content (AvgIpc) is 3.52. The topological polar surface area (TPSA) is 111 Å². The van der Waals surface area contributed by atoms with Gasteiger partial charge in [-0.15, -0.1) is 11.3 Å². The van der Waals surface area contributed by atoms with Gasteiger partial charge < -0.3 is 14.5 Å². The van der Waals surface area contributed by atoms with Crippen LogP contribution in [-0.2, 0) is 9.53 Å². The zero-order valence-electron chi connectivity index (χ0n) is 17.2. The molecule has 0 unspecified atom stereocenters. The number of rotatable bonds is 7. The molecule has 172 valence electrons. The molecule has 2 amide bonds. The summed E-state index contributed by atoms with van der Waals surface area (Å²) in [4.78, 5) is 40.9. The second-order valence-electron chi connectivity index (χ2n) is 6.76. The van der Waals surface area contributed by atoms with Gasteiger partial charge in [0.15, 0.2) is 17.5 Å². The third-order valence-electron chi connectivity index (χ3n) is 4.43. The van der Waals surface area contributed by atoms with Crippen LogP contribution >= 0.6 is 11.3 Å². The summed E-state index contributed by atoms with van der Waals surface area (Å²) < 4.78 is 37.4. The van der Waals surface area contributed by atoms with Crippen molar-refractivity contribution >= 4 is 39.9 Å². The SMILES string of the molecule is O=C(COC(=O)c1ccccc1NC(=O)c1ccco1)Nc1nc(-c2cc(F)ccc2F)cs1. The van der Waals surface area contributed by atoms with Crippen LogP contribution < -0.4 is 10.6 Å². The standard InChI is InChI=1S/C23H15F2N3O5S/c24-13-7-8-16(25)15(10-13)18-12-34-23(27-18)28-20(29)11-33-22(31)14-4-1-2-5-17(14)26-21(30)19-6-3-9-32-19/h1-10,12H,11H2,(H,26,30)(H,27,28,29). The van der Waals surface area contributed by atoms with Crippen molar-refractivity contribution in [1.29, 1.82) is 0 Å². The Bertz CT molecular complexity index is 1350. The van der Waals surface area contributed by atoms with Gasteiger partial charge in [0.2, 0.25) is 0 Å². The zero-order chi connectivity index (χ0) is 24.1. The van der Waals surface area contributed by atoms with Crippen LogP contribution in [0.2, 0.25) is 0 Å². The smallest absolute Gasteiger partial charge is 0.340 e. The van der Waals surface area contributed by atoms with Crippen molar-refractivity contribution in [1.82, 2.24) is 4.98 Å². The number of nitrogens with one attached hydrogen (secondary N) is 2. The number of amides is 2. The van der Waals surface area contributed by atoms with Gasteiger partial charge in [-0.25, -0.2) is 18.6 Å². The fourth-order valence-electron chi connectivity index (χ4n) is 2.87. The molecule has 8 nitrogen and oxygen atoms in total. The third-order valence-corrected chi connectivity index (χ3v) is 5.19. The molecule has 4 aromatic rings. The number of hydrogen-bond acceptors (Lipinski definition) is 7. The summed E-state index contributed by atoms with van der Waals surface area (Å²) >= 11 is 0.997. The van der Waals surface area contributed by atoms with E-state index in [-0.39, 0.29) is 33.4 Å². The van der Waals surface area contributed by atoms with Crippen LogP contribution in [0.5, 0.6) is 0 Å². The van der Waals surface area contributed by atoms with Crippen LogP contribution in [0.15, 0.2) is 70.7 Å². The molecule has 0 fully saturated rings. The Kier molecular flexibility index (Phi) is 6.74. The molecular formula is C23H15F2N3O5S. The lowest BCUT2D eigenvalue weighted by atomic mass is 10.1. The molecule has 2 aromatic carbocycles. The Morgan fingerprint density at radius 2 is 1.85 bits per heavy atom. The highest BCUT2D eigenvalue weighted by molar-refractivity contribution is 7.14. The third kappa shape index (κ3) is 5.33. The minimum Gasteiger partial charge on any atom is -0.459 e. The van der Waals surface area contributed by atoms with E-state index in [9.17, 15) is 23.2 Å². The normalized spacial score (nSPS) is 10.5. The molecule has 0 aliphatic carbocycles. The zero-order valence-corrected chi connectivity index (χ0v) is 18.0.